The van der Waals surface area contributed by atoms with Crippen LogP contribution in [0.1, 0.15) is 150 Å². The van der Waals surface area contributed by atoms with Gasteiger partial charge in [-0.2, -0.15) is 8.78 Å². The summed E-state index contributed by atoms with van der Waals surface area (Å²) in [5, 5.41) is 40.3. The van der Waals surface area contributed by atoms with Crippen LogP contribution in [0.2, 0.25) is 0 Å². The summed E-state index contributed by atoms with van der Waals surface area (Å²) in [4.78, 5) is 134. The number of carboxylic acids is 3. The minimum Gasteiger partial charge on any atom is -0.481 e. The van der Waals surface area contributed by atoms with Crippen LogP contribution in [-0.4, -0.2) is 211 Å². The van der Waals surface area contributed by atoms with Gasteiger partial charge in [0, 0.05) is 78.0 Å². The van der Waals surface area contributed by atoms with Crippen molar-refractivity contribution in [2.75, 3.05) is 91.8 Å². The molecule has 9 N–H and O–H groups in total. The molecule has 30 nitrogen and oxygen atoms in total. The molecule has 0 atom stereocenters. The number of rotatable bonds is 27. The zero-order valence-corrected chi connectivity index (χ0v) is 56.6. The van der Waals surface area contributed by atoms with E-state index in [1.165, 1.54) is 16.7 Å². The van der Waals surface area contributed by atoms with Gasteiger partial charge in [-0.3, -0.25) is 38.4 Å². The highest BCUT2D eigenvalue weighted by molar-refractivity contribution is 5.82. The highest BCUT2D eigenvalue weighted by atomic mass is 19.2. The number of hydrogen-bond acceptors (Lipinski definition) is 21. The van der Waals surface area contributed by atoms with E-state index in [-0.39, 0.29) is 102 Å². The van der Waals surface area contributed by atoms with Crippen molar-refractivity contribution >= 4 is 72.0 Å². The molecular weight excluding hydrogens is 1260 g/mol. The van der Waals surface area contributed by atoms with Gasteiger partial charge in [0.1, 0.15) is 35.5 Å². The number of carbonyl (C=O) groups excluding carboxylic acids is 9. The van der Waals surface area contributed by atoms with Gasteiger partial charge in [-0.1, -0.05) is 27.7 Å². The fourth-order valence-electron chi connectivity index (χ4n) is 5.36. The molecule has 93 heavy (non-hydrogen) atoms. The van der Waals surface area contributed by atoms with E-state index in [4.69, 9.17) is 43.7 Å². The molecule has 0 fully saturated rings. The first-order valence-electron chi connectivity index (χ1n) is 29.2. The Labute approximate surface area is 539 Å². The molecule has 0 saturated carbocycles. The first-order chi connectivity index (χ1) is 42.7. The first-order valence-corrected chi connectivity index (χ1v) is 29.2. The van der Waals surface area contributed by atoms with Crippen molar-refractivity contribution in [3.8, 4) is 5.75 Å². The van der Waals surface area contributed by atoms with Crippen molar-refractivity contribution in [2.24, 2.45) is 0 Å². The monoisotopic (exact) mass is 1350 g/mol. The van der Waals surface area contributed by atoms with Gasteiger partial charge in [-0.05, 0) is 96.9 Å². The molecule has 0 heterocycles. The van der Waals surface area contributed by atoms with Gasteiger partial charge in [0.15, 0.2) is 0 Å². The third kappa shape index (κ3) is 58.5. The standard InChI is InChI=1S/C14H26N2O5.C12H22N2O5.C11H22N2O4.C9H5F5O2.C9H18N2O4.C3H6O2/c1-6-11(17)16(10-12(18)20-7-2)9-8-15-13(19)21-14(3,4)5;1-5-9(15)14(8-10(16)17)7-6-13-11(18)19-12(2,3)4;1-5-16-9(14)8-12-6-7-13-10(15)17-11(2,3)4;1-2-3(15)16-9-7(13)5(11)4(10)6(12)8(9)14;1-9(2,3)15-8(14)11-5-4-10-6-7(12)13;1-2-3(4)5/h6-10H2,1-5H3,(H,15,19);5-8H2,1-4H3,(H,13,18)(H,16,17);12H,5-8H2,1-4H3,(H,13,15);2H2,1H3;10H,4-6H2,1-3H3,(H,11,14)(H,12,13);2H2,1H3,(H,4,5). The fraction of sp³-hybridized carbons (Fsp3) is 0.690. The van der Waals surface area contributed by atoms with E-state index in [1.54, 1.807) is 118 Å². The number of nitrogens with zero attached hydrogens (tertiary/aromatic N) is 2. The van der Waals surface area contributed by atoms with E-state index in [2.05, 4.69) is 36.6 Å². The van der Waals surface area contributed by atoms with Crippen LogP contribution in [-0.2, 0) is 66.8 Å². The number of halogens is 5. The Hall–Kier alpha value is -8.37. The summed E-state index contributed by atoms with van der Waals surface area (Å²) in [6, 6.07) is 0. The predicted octanol–water partition coefficient (Wildman–Crippen LogP) is 6.17. The summed E-state index contributed by atoms with van der Waals surface area (Å²) < 4.78 is 97.2. The molecule has 1 aromatic carbocycles. The van der Waals surface area contributed by atoms with E-state index >= 15 is 0 Å². The molecule has 0 radical (unpaired) electrons. The van der Waals surface area contributed by atoms with Crippen LogP contribution in [0.25, 0.3) is 0 Å². The molecule has 0 bridgehead atoms. The lowest BCUT2D eigenvalue weighted by molar-refractivity contribution is -0.148. The second-order valence-corrected chi connectivity index (χ2v) is 22.3. The molecule has 0 unspecified atom stereocenters. The summed E-state index contributed by atoms with van der Waals surface area (Å²) in [5.74, 6) is -17.6. The second-order valence-electron chi connectivity index (χ2n) is 22.3. The number of amides is 6. The molecule has 538 valence electrons. The Morgan fingerprint density at radius 3 is 0.978 bits per heavy atom. The van der Waals surface area contributed by atoms with Gasteiger partial charge in [-0.25, -0.2) is 32.3 Å². The van der Waals surface area contributed by atoms with E-state index in [0.717, 1.165) is 0 Å². The number of alkyl carbamates (subject to hydrolysis) is 4. The Morgan fingerprint density at radius 1 is 0.376 bits per heavy atom. The van der Waals surface area contributed by atoms with Crippen LogP contribution in [0.3, 0.4) is 0 Å². The number of carbonyl (C=O) groups is 12. The largest absolute Gasteiger partial charge is 0.481 e. The number of benzene rings is 1. The molecule has 0 saturated heterocycles. The lowest BCUT2D eigenvalue weighted by Crippen LogP contribution is -2.42. The van der Waals surface area contributed by atoms with Crippen molar-refractivity contribution in [3.05, 3.63) is 29.1 Å². The van der Waals surface area contributed by atoms with E-state index in [1.807, 2.05) is 0 Å². The average Bonchev–Trinajstić information content (AvgIpc) is 0.806. The number of carboxylic acid groups (broad SMARTS) is 3. The summed E-state index contributed by atoms with van der Waals surface area (Å²) in [5.41, 5.74) is -2.18. The van der Waals surface area contributed by atoms with Gasteiger partial charge in [0.05, 0.1) is 26.3 Å². The molecule has 0 aliphatic rings. The number of esters is 3. The highest BCUT2D eigenvalue weighted by Gasteiger charge is 2.29. The van der Waals surface area contributed by atoms with Crippen LogP contribution in [0.15, 0.2) is 0 Å². The van der Waals surface area contributed by atoms with Crippen LogP contribution < -0.4 is 36.6 Å². The molecule has 1 rings (SSSR count). The first kappa shape index (κ1) is 93.3. The lowest BCUT2D eigenvalue weighted by atomic mass is 10.2. The SMILES string of the molecule is CC(C)(C)OC(=O)NCCNCC(=O)O.CCC(=O)N(CCNC(=O)OC(C)(C)C)CC(=O)O.CCC(=O)O.CCC(=O)Oc1c(F)c(F)c(F)c(F)c1F.CCOC(=O)CN(CCNC(=O)OC(C)(C)C)C(=O)CC.CCOC(=O)CNCCNC(=O)OC(C)(C)C. The minimum absolute atomic E-state index is 0.115. The van der Waals surface area contributed by atoms with E-state index < -0.39 is 111 Å². The summed E-state index contributed by atoms with van der Waals surface area (Å²) >= 11 is 0. The van der Waals surface area contributed by atoms with Crippen molar-refractivity contribution in [2.45, 2.75) is 173 Å². The van der Waals surface area contributed by atoms with Crippen molar-refractivity contribution in [1.29, 1.82) is 0 Å². The van der Waals surface area contributed by atoms with Gasteiger partial charge in [0.2, 0.25) is 46.6 Å². The van der Waals surface area contributed by atoms with Crippen molar-refractivity contribution < 1.29 is 128 Å². The average molecular weight is 1360 g/mol. The number of aliphatic carboxylic acids is 3. The number of nitrogens with one attached hydrogen (secondary N) is 6. The molecule has 6 amide bonds. The maximum absolute atomic E-state index is 12.9. The molecule has 0 aliphatic carbocycles. The zero-order chi connectivity index (χ0) is 73.5. The molecule has 1 aromatic rings. The molecule has 0 aliphatic heterocycles. The molecule has 0 aromatic heterocycles. The van der Waals surface area contributed by atoms with Gasteiger partial charge in [-0.15, -0.1) is 0 Å². The topological polar surface area (TPSA) is 409 Å². The summed E-state index contributed by atoms with van der Waals surface area (Å²) in [6.07, 6.45) is -1.64. The number of ether oxygens (including phenoxy) is 7. The minimum atomic E-state index is -2.30. The van der Waals surface area contributed by atoms with Crippen LogP contribution in [0.4, 0.5) is 41.1 Å². The Morgan fingerprint density at radius 2 is 0.688 bits per heavy atom. The van der Waals surface area contributed by atoms with Crippen LogP contribution in [0, 0.1) is 29.1 Å². The van der Waals surface area contributed by atoms with Crippen molar-refractivity contribution in [3.63, 3.8) is 0 Å². The third-order valence-corrected chi connectivity index (χ3v) is 9.13. The Balaban J connectivity index is -0.000000342. The smallest absolute Gasteiger partial charge is 0.407 e. The highest BCUT2D eigenvalue weighted by Crippen LogP contribution is 2.29. The maximum Gasteiger partial charge on any atom is 0.407 e. The quantitative estimate of drug-likeness (QED) is 0.00903. The van der Waals surface area contributed by atoms with Gasteiger partial charge in [0.25, 0.3) is 0 Å². The Bertz CT molecular complexity index is 2460. The fourth-order valence-corrected chi connectivity index (χ4v) is 5.36. The summed E-state index contributed by atoms with van der Waals surface area (Å²) in [6.45, 7) is 33.4. The van der Waals surface area contributed by atoms with Crippen LogP contribution >= 0.6 is 0 Å². The Kier molecular flexibility index (Phi) is 50.4. The number of hydrogen-bond donors (Lipinski definition) is 9. The van der Waals surface area contributed by atoms with Crippen LogP contribution in [0.5, 0.6) is 5.75 Å². The maximum atomic E-state index is 12.9. The van der Waals surface area contributed by atoms with E-state index in [0.29, 0.717) is 32.8 Å². The zero-order valence-electron chi connectivity index (χ0n) is 56.6. The molecule has 0 spiro atoms. The summed E-state index contributed by atoms with van der Waals surface area (Å²) in [7, 11) is 0. The third-order valence-electron chi connectivity index (χ3n) is 9.13. The molecule has 35 heteroatoms. The van der Waals surface area contributed by atoms with E-state index in [9.17, 15) is 79.5 Å². The van der Waals surface area contributed by atoms with Gasteiger partial charge >= 0.3 is 60.2 Å². The predicted molar refractivity (Wildman–Crippen MR) is 325 cm³/mol. The normalized spacial score (nSPS) is 10.5. The van der Waals surface area contributed by atoms with Crippen molar-refractivity contribution in [1.82, 2.24) is 41.7 Å². The second kappa shape index (κ2) is 50.2. The van der Waals surface area contributed by atoms with Gasteiger partial charge < -0.3 is 90.2 Å². The lowest BCUT2D eigenvalue weighted by Gasteiger charge is -2.23. The molecular formula is C58H99F5N8O22.